The van der Waals surface area contributed by atoms with Crippen molar-refractivity contribution in [3.63, 3.8) is 0 Å². The zero-order valence-corrected chi connectivity index (χ0v) is 6.29. The minimum absolute atomic E-state index is 0.0231. The molecule has 2 aliphatic heterocycles. The number of rotatable bonds is 0. The smallest absolute Gasteiger partial charge is 0.224 e. The molecule has 0 spiro atoms. The summed E-state index contributed by atoms with van der Waals surface area (Å²) in [6.45, 7) is 0.877. The van der Waals surface area contributed by atoms with Crippen molar-refractivity contribution in [2.75, 3.05) is 6.54 Å². The predicted octanol–water partition coefficient (Wildman–Crippen LogP) is 0.521. The molecular weight excluding hydrogens is 140 g/mol. The number of nitrogens with zero attached hydrogens (tertiary/aromatic N) is 2. The molecule has 1 amide bonds. The number of hydrogen-bond acceptors (Lipinski definition) is 2. The van der Waals surface area contributed by atoms with Gasteiger partial charge in [0.1, 0.15) is 0 Å². The number of fused-ring (bicyclic) bond motifs is 1. The van der Waals surface area contributed by atoms with Crippen LogP contribution in [-0.4, -0.2) is 23.4 Å². The topological polar surface area (TPSA) is 44.1 Å². The van der Waals surface area contributed by atoms with Crippen molar-refractivity contribution in [2.24, 2.45) is 5.92 Å². The molecule has 2 fully saturated rings. The summed E-state index contributed by atoms with van der Waals surface area (Å²) >= 11 is 0. The third kappa shape index (κ3) is 0.823. The van der Waals surface area contributed by atoms with Gasteiger partial charge in [0.25, 0.3) is 0 Å². The van der Waals surface area contributed by atoms with Crippen molar-refractivity contribution in [1.82, 2.24) is 4.90 Å². The number of amides is 1. The van der Waals surface area contributed by atoms with E-state index in [1.165, 1.54) is 0 Å². The lowest BCUT2D eigenvalue weighted by atomic mass is 10.0. The van der Waals surface area contributed by atoms with Crippen LogP contribution in [-0.2, 0) is 4.79 Å². The molecule has 11 heavy (non-hydrogen) atoms. The van der Waals surface area contributed by atoms with Crippen LogP contribution in [0.25, 0.3) is 0 Å². The van der Waals surface area contributed by atoms with Gasteiger partial charge in [0.2, 0.25) is 5.91 Å². The van der Waals surface area contributed by atoms with Gasteiger partial charge in [-0.25, -0.2) is 0 Å². The maximum atomic E-state index is 11.2. The molecule has 3 heteroatoms. The van der Waals surface area contributed by atoms with Crippen LogP contribution in [0, 0.1) is 17.2 Å². The van der Waals surface area contributed by atoms with Crippen LogP contribution >= 0.6 is 0 Å². The fraction of sp³-hybridized carbons (Fsp3) is 0.750. The molecule has 0 aromatic carbocycles. The van der Waals surface area contributed by atoms with Crippen molar-refractivity contribution in [1.29, 1.82) is 5.26 Å². The summed E-state index contributed by atoms with van der Waals surface area (Å²) in [5, 5.41) is 8.70. The Labute approximate surface area is 65.6 Å². The van der Waals surface area contributed by atoms with Crippen LogP contribution in [0.3, 0.4) is 0 Å². The van der Waals surface area contributed by atoms with E-state index < -0.39 is 0 Å². The van der Waals surface area contributed by atoms with E-state index in [2.05, 4.69) is 6.07 Å². The van der Waals surface area contributed by atoms with Gasteiger partial charge in [-0.2, -0.15) is 5.26 Å². The molecule has 3 nitrogen and oxygen atoms in total. The van der Waals surface area contributed by atoms with Crippen LogP contribution in [0.15, 0.2) is 0 Å². The van der Waals surface area contributed by atoms with Gasteiger partial charge in [-0.05, 0) is 12.8 Å². The molecule has 0 aromatic rings. The number of hydrogen-bond donors (Lipinski definition) is 0. The molecule has 0 N–H and O–H groups in total. The highest BCUT2D eigenvalue weighted by molar-refractivity contribution is 5.80. The molecular formula is C8H10N2O. The lowest BCUT2D eigenvalue weighted by Gasteiger charge is -2.15. The SMILES string of the molecule is N#C[C@@H]1CC(=O)N2CCC[C@@H]12. The monoisotopic (exact) mass is 150 g/mol. The van der Waals surface area contributed by atoms with Gasteiger partial charge in [-0.15, -0.1) is 0 Å². The van der Waals surface area contributed by atoms with Gasteiger partial charge in [0.15, 0.2) is 0 Å². The first kappa shape index (κ1) is 6.66. The quantitative estimate of drug-likeness (QED) is 0.505. The van der Waals surface area contributed by atoms with Crippen LogP contribution in [0.2, 0.25) is 0 Å². The van der Waals surface area contributed by atoms with Crippen LogP contribution in [0.5, 0.6) is 0 Å². The molecule has 58 valence electrons. The van der Waals surface area contributed by atoms with E-state index in [1.807, 2.05) is 4.90 Å². The molecule has 2 rings (SSSR count). The molecule has 2 atom stereocenters. The number of carbonyl (C=O) groups excluding carboxylic acids is 1. The van der Waals surface area contributed by atoms with Crippen LogP contribution in [0.1, 0.15) is 19.3 Å². The average Bonchev–Trinajstić information content (AvgIpc) is 2.54. The average molecular weight is 150 g/mol. The zero-order valence-electron chi connectivity index (χ0n) is 6.29. The normalized spacial score (nSPS) is 35.5. The Morgan fingerprint density at radius 3 is 3.18 bits per heavy atom. The van der Waals surface area contributed by atoms with Gasteiger partial charge in [-0.3, -0.25) is 4.79 Å². The van der Waals surface area contributed by atoms with E-state index in [9.17, 15) is 4.79 Å². The number of nitriles is 1. The zero-order chi connectivity index (χ0) is 7.84. The molecule has 2 saturated heterocycles. The fourth-order valence-electron chi connectivity index (χ4n) is 2.09. The Kier molecular flexibility index (Phi) is 1.35. The summed E-state index contributed by atoms with van der Waals surface area (Å²) in [6.07, 6.45) is 2.57. The molecule has 2 aliphatic rings. The summed E-state index contributed by atoms with van der Waals surface area (Å²) in [4.78, 5) is 13.1. The Hall–Kier alpha value is -1.04. The molecule has 0 aliphatic carbocycles. The molecule has 0 unspecified atom stereocenters. The van der Waals surface area contributed by atoms with Crippen molar-refractivity contribution in [3.8, 4) is 6.07 Å². The summed E-state index contributed by atoms with van der Waals surface area (Å²) in [5.74, 6) is 0.157. The van der Waals surface area contributed by atoms with E-state index in [-0.39, 0.29) is 17.9 Å². The summed E-state index contributed by atoms with van der Waals surface area (Å²) < 4.78 is 0. The Bertz CT molecular complexity index is 231. The Morgan fingerprint density at radius 2 is 2.45 bits per heavy atom. The lowest BCUT2D eigenvalue weighted by Crippen LogP contribution is -2.28. The minimum atomic E-state index is -0.0231. The number of carbonyl (C=O) groups is 1. The Balaban J connectivity index is 2.21. The second kappa shape index (κ2) is 2.23. The third-order valence-corrected chi connectivity index (χ3v) is 2.64. The maximum absolute atomic E-state index is 11.2. The lowest BCUT2D eigenvalue weighted by molar-refractivity contribution is -0.127. The van der Waals surface area contributed by atoms with Gasteiger partial charge < -0.3 is 4.90 Å². The first-order valence-electron chi connectivity index (χ1n) is 4.02. The largest absolute Gasteiger partial charge is 0.338 e. The van der Waals surface area contributed by atoms with E-state index in [1.54, 1.807) is 0 Å². The first-order chi connectivity index (χ1) is 5.33. The van der Waals surface area contributed by atoms with Gasteiger partial charge >= 0.3 is 0 Å². The molecule has 0 aromatic heterocycles. The summed E-state index contributed by atoms with van der Waals surface area (Å²) in [7, 11) is 0. The van der Waals surface area contributed by atoms with Crippen LogP contribution < -0.4 is 0 Å². The summed E-state index contributed by atoms with van der Waals surface area (Å²) in [6, 6.07) is 2.46. The van der Waals surface area contributed by atoms with Crippen molar-refractivity contribution in [3.05, 3.63) is 0 Å². The first-order valence-corrected chi connectivity index (χ1v) is 4.02. The molecule has 0 saturated carbocycles. The van der Waals surface area contributed by atoms with Crippen molar-refractivity contribution in [2.45, 2.75) is 25.3 Å². The maximum Gasteiger partial charge on any atom is 0.224 e. The van der Waals surface area contributed by atoms with Gasteiger partial charge in [0, 0.05) is 19.0 Å². The van der Waals surface area contributed by atoms with Crippen LogP contribution in [0.4, 0.5) is 0 Å². The standard InChI is InChI=1S/C8H10N2O/c9-5-6-4-8(11)10-3-1-2-7(6)10/h6-7H,1-4H2/t6-,7-/m0/s1. The second-order valence-electron chi connectivity index (χ2n) is 3.24. The molecule has 0 bridgehead atoms. The molecule has 0 radical (unpaired) electrons. The van der Waals surface area contributed by atoms with Crippen molar-refractivity contribution >= 4 is 5.91 Å². The van der Waals surface area contributed by atoms with Gasteiger partial charge in [-0.1, -0.05) is 0 Å². The highest BCUT2D eigenvalue weighted by Crippen LogP contribution is 2.32. The summed E-state index contributed by atoms with van der Waals surface area (Å²) in [5.41, 5.74) is 0. The fourth-order valence-corrected chi connectivity index (χ4v) is 2.09. The Morgan fingerprint density at radius 1 is 1.64 bits per heavy atom. The highest BCUT2D eigenvalue weighted by Gasteiger charge is 2.42. The van der Waals surface area contributed by atoms with Crippen molar-refractivity contribution < 1.29 is 4.79 Å². The van der Waals surface area contributed by atoms with E-state index >= 15 is 0 Å². The van der Waals surface area contributed by atoms with E-state index in [0.717, 1.165) is 19.4 Å². The van der Waals surface area contributed by atoms with E-state index in [4.69, 9.17) is 5.26 Å². The predicted molar refractivity (Wildman–Crippen MR) is 38.5 cm³/mol. The van der Waals surface area contributed by atoms with E-state index in [0.29, 0.717) is 6.42 Å². The minimum Gasteiger partial charge on any atom is -0.338 e. The molecule has 2 heterocycles. The third-order valence-electron chi connectivity index (χ3n) is 2.64. The highest BCUT2D eigenvalue weighted by atomic mass is 16.2. The van der Waals surface area contributed by atoms with Gasteiger partial charge in [0.05, 0.1) is 12.0 Å². The second-order valence-corrected chi connectivity index (χ2v) is 3.24.